The summed E-state index contributed by atoms with van der Waals surface area (Å²) < 4.78 is 0. The molecule has 0 spiro atoms. The molecule has 0 aliphatic carbocycles. The molecule has 0 unspecified atom stereocenters. The fourth-order valence-corrected chi connectivity index (χ4v) is 6.02. The van der Waals surface area contributed by atoms with Crippen molar-refractivity contribution in [2.24, 2.45) is 0 Å². The number of hydrogen-bond acceptors (Lipinski definition) is 2. The normalized spacial score (nSPS) is 13.4. The van der Waals surface area contributed by atoms with E-state index in [9.17, 15) is 0 Å². The summed E-state index contributed by atoms with van der Waals surface area (Å²) in [4.78, 5) is 17.7. The van der Waals surface area contributed by atoms with Crippen LogP contribution in [-0.4, -0.2) is 19.9 Å². The first kappa shape index (κ1) is 27.3. The van der Waals surface area contributed by atoms with Gasteiger partial charge in [0.1, 0.15) is 0 Å². The third-order valence-electron chi connectivity index (χ3n) is 8.21. The number of hydrogen-bond donors (Lipinski definition) is 2. The van der Waals surface area contributed by atoms with E-state index >= 15 is 0 Å². The fourth-order valence-electron chi connectivity index (χ4n) is 6.02. The topological polar surface area (TPSA) is 57.4 Å². The Labute approximate surface area is 235 Å². The molecule has 3 aromatic rings. The van der Waals surface area contributed by atoms with Gasteiger partial charge in [-0.2, -0.15) is 0 Å². The monoisotopic (exact) mass is 673 g/mol. The van der Waals surface area contributed by atoms with Crippen molar-refractivity contribution in [1.29, 1.82) is 0 Å². The number of H-pyrrole nitrogens is 2. The molecule has 0 saturated carbocycles. The minimum absolute atomic E-state index is 0. The Kier molecular flexibility index (Phi) is 7.81. The van der Waals surface area contributed by atoms with Gasteiger partial charge in [-0.25, -0.2) is 9.97 Å². The van der Waals surface area contributed by atoms with Crippen LogP contribution in [0.1, 0.15) is 99.4 Å². The standard InChI is InChI=1S/C32H38N4.Pt/c1-9-21-17(5)25-13-26-18(6)23(11-3)31(34-26)16-32-24(12-4)20(8)28(36-32)15-30-22(10-2)19(7)27(35-30)14-29(21)33-25;/h13-16,33,36H,9-12H2,1-8H3;. The molecule has 3 aromatic heterocycles. The number of aromatic amines is 2. The van der Waals surface area contributed by atoms with Crippen molar-refractivity contribution in [2.75, 3.05) is 0 Å². The van der Waals surface area contributed by atoms with Crippen LogP contribution < -0.4 is 0 Å². The molecule has 196 valence electrons. The average Bonchev–Trinajstić information content (AvgIpc) is 3.51. The van der Waals surface area contributed by atoms with Gasteiger partial charge < -0.3 is 9.97 Å². The van der Waals surface area contributed by atoms with Gasteiger partial charge in [0.05, 0.1) is 22.8 Å². The van der Waals surface area contributed by atoms with E-state index in [0.29, 0.717) is 0 Å². The third-order valence-corrected chi connectivity index (χ3v) is 8.21. The molecule has 4 nitrogen and oxygen atoms in total. The Morgan fingerprint density at radius 2 is 0.865 bits per heavy atom. The number of rotatable bonds is 4. The molecule has 8 bridgehead atoms. The summed E-state index contributed by atoms with van der Waals surface area (Å²) in [5, 5.41) is 0. The van der Waals surface area contributed by atoms with Crippen LogP contribution in [0.2, 0.25) is 0 Å². The SMILES string of the molecule is CCC1=C(C)c2cc3[nH]c(cc4nc(cc5[nH]c(cc1n2)c(C)c5CC)C(CC)=C4C)c(C)c3CC.[Pt]. The van der Waals surface area contributed by atoms with Crippen molar-refractivity contribution in [3.63, 3.8) is 0 Å². The van der Waals surface area contributed by atoms with Crippen LogP contribution in [0.3, 0.4) is 0 Å². The third kappa shape index (κ3) is 4.48. The molecule has 0 radical (unpaired) electrons. The Hall–Kier alpha value is -2.71. The van der Waals surface area contributed by atoms with Crippen LogP contribution in [0.5, 0.6) is 0 Å². The first-order valence-electron chi connectivity index (χ1n) is 13.4. The van der Waals surface area contributed by atoms with Gasteiger partial charge in [0.25, 0.3) is 0 Å². The number of aryl methyl sites for hydroxylation is 4. The largest absolute Gasteiger partial charge is 0.355 e. The molecule has 0 fully saturated rings. The van der Waals surface area contributed by atoms with Crippen LogP contribution in [0.4, 0.5) is 0 Å². The molecule has 5 heterocycles. The predicted octanol–water partition coefficient (Wildman–Crippen LogP) is 8.74. The predicted molar refractivity (Wildman–Crippen MR) is 155 cm³/mol. The maximum absolute atomic E-state index is 5.15. The quantitative estimate of drug-likeness (QED) is 0.291. The van der Waals surface area contributed by atoms with Gasteiger partial charge in [-0.15, -0.1) is 0 Å². The van der Waals surface area contributed by atoms with E-state index in [1.807, 2.05) is 0 Å². The number of fused-ring (bicyclic) bond motifs is 8. The first-order valence-corrected chi connectivity index (χ1v) is 13.4. The Bertz CT molecular complexity index is 1610. The second-order valence-electron chi connectivity index (χ2n) is 10.1. The van der Waals surface area contributed by atoms with Crippen molar-refractivity contribution in [2.45, 2.75) is 81.1 Å². The summed E-state index contributed by atoms with van der Waals surface area (Å²) in [5.41, 5.74) is 19.3. The van der Waals surface area contributed by atoms with Crippen molar-refractivity contribution in [1.82, 2.24) is 19.9 Å². The van der Waals surface area contributed by atoms with Crippen LogP contribution in [0.15, 0.2) is 24.3 Å². The zero-order valence-corrected chi connectivity index (χ0v) is 25.6. The van der Waals surface area contributed by atoms with Crippen LogP contribution in [-0.2, 0) is 33.9 Å². The Balaban J connectivity index is 0.00000320. The van der Waals surface area contributed by atoms with Gasteiger partial charge in [-0.05, 0) is 122 Å². The summed E-state index contributed by atoms with van der Waals surface area (Å²) in [5.74, 6) is 0. The molecule has 2 aliphatic heterocycles. The summed E-state index contributed by atoms with van der Waals surface area (Å²) in [6, 6.07) is 8.98. The number of nitrogens with one attached hydrogen (secondary N) is 2. The van der Waals surface area contributed by atoms with Crippen molar-refractivity contribution < 1.29 is 21.1 Å². The van der Waals surface area contributed by atoms with Gasteiger partial charge in [0.2, 0.25) is 0 Å². The van der Waals surface area contributed by atoms with Crippen molar-refractivity contribution in [3.8, 4) is 0 Å². The summed E-state index contributed by atoms with van der Waals surface area (Å²) in [6.07, 6.45) is 3.86. The van der Waals surface area contributed by atoms with Gasteiger partial charge >= 0.3 is 0 Å². The summed E-state index contributed by atoms with van der Waals surface area (Å²) >= 11 is 0. The van der Waals surface area contributed by atoms with E-state index in [1.165, 1.54) is 44.5 Å². The molecule has 2 N–H and O–H groups in total. The molecular formula is C32H38N4Pt. The molecule has 0 aromatic carbocycles. The average molecular weight is 674 g/mol. The minimum Gasteiger partial charge on any atom is -0.355 e. The minimum atomic E-state index is 0. The van der Waals surface area contributed by atoms with E-state index < -0.39 is 0 Å². The fraction of sp³-hybridized carbons (Fsp3) is 0.375. The van der Waals surface area contributed by atoms with E-state index in [2.05, 4.69) is 89.6 Å². The van der Waals surface area contributed by atoms with E-state index in [1.54, 1.807) is 0 Å². The molecule has 0 amide bonds. The zero-order valence-electron chi connectivity index (χ0n) is 23.3. The summed E-state index contributed by atoms with van der Waals surface area (Å²) in [7, 11) is 0. The maximum Gasteiger partial charge on any atom is 0.0693 e. The molecule has 0 atom stereocenters. The number of allylic oxidation sites excluding steroid dienone is 4. The van der Waals surface area contributed by atoms with E-state index in [0.717, 1.165) is 70.5 Å². The van der Waals surface area contributed by atoms with Crippen LogP contribution >= 0.6 is 0 Å². The van der Waals surface area contributed by atoms with Crippen molar-refractivity contribution >= 4 is 44.4 Å². The van der Waals surface area contributed by atoms with Gasteiger partial charge in [-0.1, -0.05) is 27.7 Å². The summed E-state index contributed by atoms with van der Waals surface area (Å²) in [6.45, 7) is 17.8. The second kappa shape index (κ2) is 10.6. The first-order chi connectivity index (χ1) is 17.3. The molecule has 5 heteroatoms. The smallest absolute Gasteiger partial charge is 0.0693 e. The zero-order chi connectivity index (χ0) is 25.7. The number of nitrogens with zero attached hydrogens (tertiary/aromatic N) is 2. The van der Waals surface area contributed by atoms with E-state index in [-0.39, 0.29) is 21.1 Å². The van der Waals surface area contributed by atoms with Gasteiger partial charge in [0, 0.05) is 43.1 Å². The van der Waals surface area contributed by atoms with E-state index in [4.69, 9.17) is 9.97 Å². The van der Waals surface area contributed by atoms with Gasteiger partial charge in [-0.3, -0.25) is 0 Å². The number of aromatic nitrogens is 4. The molecule has 5 rings (SSSR count). The molecule has 2 aliphatic rings. The van der Waals surface area contributed by atoms with Crippen LogP contribution in [0, 0.1) is 13.8 Å². The molecule has 37 heavy (non-hydrogen) atoms. The maximum atomic E-state index is 5.15. The molecular weight excluding hydrogens is 635 g/mol. The Morgan fingerprint density at radius 1 is 0.514 bits per heavy atom. The van der Waals surface area contributed by atoms with Crippen molar-refractivity contribution in [3.05, 3.63) is 69.3 Å². The Morgan fingerprint density at radius 3 is 1.24 bits per heavy atom. The van der Waals surface area contributed by atoms with Crippen LogP contribution in [0.25, 0.3) is 44.4 Å². The second-order valence-corrected chi connectivity index (χ2v) is 10.1. The molecule has 0 saturated heterocycles. The van der Waals surface area contributed by atoms with Gasteiger partial charge in [0.15, 0.2) is 0 Å².